The van der Waals surface area contributed by atoms with E-state index < -0.39 is 86.4 Å². The van der Waals surface area contributed by atoms with Gasteiger partial charge in [-0.1, -0.05) is 26.0 Å². The first-order chi connectivity index (χ1) is 26.7. The molecule has 2 aliphatic heterocycles. The normalized spacial score (nSPS) is 30.1. The standard InChI is InChI=1S/C39H50F3N5O9S/c1-6-55-27-11-12-29-25(18-27)13-16-43-33(29)56-28-19-30-32(48)44-38(35(50)45-57(53,54)37(5)14-15-37)20-26(38)10-8-7-9-22(2)17-23(3)31(34(49)46(30)21-28)47(36(51)52)24(4)39(40,41)42/h8,10-13,16,18,22-24,26,28,30-31H,6-7,9,14-15,17,19-21H2,1-5H3,(H,44,48)(H,45,50)(H,51,52)/b10-8-/t22-,23+,24+,26+,28+,30-,31-,38+/m0/s1. The van der Waals surface area contributed by atoms with E-state index in [4.69, 9.17) is 9.47 Å². The van der Waals surface area contributed by atoms with Crippen molar-refractivity contribution in [2.75, 3.05) is 13.2 Å². The summed E-state index contributed by atoms with van der Waals surface area (Å²) in [6, 6.07) is 1.08. The molecule has 0 unspecified atom stereocenters. The van der Waals surface area contributed by atoms with Gasteiger partial charge in [0.05, 0.1) is 17.9 Å². The zero-order valence-electron chi connectivity index (χ0n) is 32.5. The van der Waals surface area contributed by atoms with E-state index in [0.717, 1.165) is 4.90 Å². The molecule has 0 spiro atoms. The summed E-state index contributed by atoms with van der Waals surface area (Å²) in [4.78, 5) is 61.5. The molecule has 6 rings (SSSR count). The van der Waals surface area contributed by atoms with Crippen LogP contribution in [0.15, 0.2) is 42.6 Å². The molecule has 8 atom stereocenters. The lowest BCUT2D eigenvalue weighted by Crippen LogP contribution is -2.62. The number of allylic oxidation sites excluding steroid dienone is 1. The van der Waals surface area contributed by atoms with E-state index in [1.165, 1.54) is 20.0 Å². The van der Waals surface area contributed by atoms with Crippen molar-refractivity contribution in [1.82, 2.24) is 24.8 Å². The fourth-order valence-corrected chi connectivity index (χ4v) is 9.40. The molecule has 18 heteroatoms. The third-order valence-corrected chi connectivity index (χ3v) is 14.1. The van der Waals surface area contributed by atoms with Gasteiger partial charge in [-0.2, -0.15) is 13.2 Å². The number of carbonyl (C=O) groups excluding carboxylic acids is 3. The Morgan fingerprint density at radius 1 is 1.18 bits per heavy atom. The van der Waals surface area contributed by atoms with Gasteiger partial charge in [0, 0.05) is 23.9 Å². The molecule has 2 aromatic rings. The van der Waals surface area contributed by atoms with Gasteiger partial charge in [-0.25, -0.2) is 18.2 Å². The second kappa shape index (κ2) is 15.6. The molecule has 1 aromatic carbocycles. The largest absolute Gasteiger partial charge is 0.494 e. The first-order valence-corrected chi connectivity index (χ1v) is 20.8. The number of nitrogens with one attached hydrogen (secondary N) is 2. The summed E-state index contributed by atoms with van der Waals surface area (Å²) in [6.45, 7) is 7.50. The van der Waals surface area contributed by atoms with Crippen LogP contribution >= 0.6 is 0 Å². The van der Waals surface area contributed by atoms with E-state index in [0.29, 0.717) is 55.7 Å². The molecule has 3 fully saturated rings. The second-order valence-electron chi connectivity index (χ2n) is 16.2. The molecule has 0 bridgehead atoms. The first-order valence-electron chi connectivity index (χ1n) is 19.3. The number of rotatable bonds is 9. The van der Waals surface area contributed by atoms with Crippen molar-refractivity contribution in [2.24, 2.45) is 17.8 Å². The molecule has 1 saturated heterocycles. The summed E-state index contributed by atoms with van der Waals surface area (Å²) < 4.78 is 82.2. The number of benzene rings is 1. The van der Waals surface area contributed by atoms with E-state index in [9.17, 15) is 45.9 Å². The molecule has 14 nitrogen and oxygen atoms in total. The molecule has 3 N–H and O–H groups in total. The molecule has 4 amide bonds. The molecule has 1 aromatic heterocycles. The van der Waals surface area contributed by atoms with Crippen LogP contribution in [-0.4, -0.2) is 106 Å². The number of ether oxygens (including phenoxy) is 2. The highest BCUT2D eigenvalue weighted by Crippen LogP contribution is 2.48. The van der Waals surface area contributed by atoms with Crippen LogP contribution in [0.2, 0.25) is 0 Å². The van der Waals surface area contributed by atoms with Gasteiger partial charge < -0.3 is 24.8 Å². The molecule has 2 saturated carbocycles. The predicted octanol–water partition coefficient (Wildman–Crippen LogP) is 5.17. The van der Waals surface area contributed by atoms with Crippen molar-refractivity contribution < 1.29 is 55.3 Å². The topological polar surface area (TPSA) is 185 Å². The Kier molecular flexibility index (Phi) is 11.5. The number of aromatic nitrogens is 1. The Labute approximate surface area is 329 Å². The number of carbonyl (C=O) groups is 4. The van der Waals surface area contributed by atoms with Crippen LogP contribution in [0.1, 0.15) is 79.6 Å². The highest BCUT2D eigenvalue weighted by atomic mass is 32.2. The number of nitrogens with zero attached hydrogens (tertiary/aromatic N) is 3. The van der Waals surface area contributed by atoms with E-state index in [1.807, 2.05) is 19.9 Å². The van der Waals surface area contributed by atoms with Gasteiger partial charge in [0.25, 0.3) is 5.91 Å². The minimum atomic E-state index is -5.03. The highest BCUT2D eigenvalue weighted by molar-refractivity contribution is 7.91. The Hall–Kier alpha value is -4.61. The van der Waals surface area contributed by atoms with Gasteiger partial charge in [0.15, 0.2) is 0 Å². The maximum Gasteiger partial charge on any atom is 0.408 e. The number of sulfonamides is 1. The lowest BCUT2D eigenvalue weighted by molar-refractivity contribution is -0.184. The number of amides is 4. The Bertz CT molecular complexity index is 2040. The zero-order valence-corrected chi connectivity index (χ0v) is 33.4. The monoisotopic (exact) mass is 821 g/mol. The lowest BCUT2D eigenvalue weighted by atomic mass is 9.86. The second-order valence-corrected chi connectivity index (χ2v) is 18.4. The summed E-state index contributed by atoms with van der Waals surface area (Å²) >= 11 is 0. The van der Waals surface area contributed by atoms with Gasteiger partial charge in [-0.3, -0.25) is 24.0 Å². The van der Waals surface area contributed by atoms with Gasteiger partial charge >= 0.3 is 12.3 Å². The molecular weight excluding hydrogens is 772 g/mol. The summed E-state index contributed by atoms with van der Waals surface area (Å²) in [7, 11) is -4.11. The minimum Gasteiger partial charge on any atom is -0.494 e. The van der Waals surface area contributed by atoms with Crippen LogP contribution < -0.4 is 19.5 Å². The van der Waals surface area contributed by atoms with Gasteiger partial charge in [0.2, 0.25) is 27.7 Å². The number of alkyl halides is 3. The van der Waals surface area contributed by atoms with Crippen molar-refractivity contribution in [3.63, 3.8) is 0 Å². The van der Waals surface area contributed by atoms with E-state index in [2.05, 4.69) is 15.0 Å². The molecule has 4 aliphatic rings. The molecule has 2 aliphatic carbocycles. The van der Waals surface area contributed by atoms with Crippen LogP contribution in [0.3, 0.4) is 0 Å². The summed E-state index contributed by atoms with van der Waals surface area (Å²) in [6.07, 6.45) is -1.17. The number of halogens is 3. The molecular formula is C39H50F3N5O9S. The van der Waals surface area contributed by atoms with Crippen molar-refractivity contribution in [3.05, 3.63) is 42.6 Å². The number of hydrogen-bond acceptors (Lipinski definition) is 9. The lowest BCUT2D eigenvalue weighted by Gasteiger charge is -2.40. The van der Waals surface area contributed by atoms with Gasteiger partial charge in [0.1, 0.15) is 35.5 Å². The number of fused-ring (bicyclic) bond motifs is 3. The van der Waals surface area contributed by atoms with Crippen molar-refractivity contribution >= 4 is 44.6 Å². The maximum absolute atomic E-state index is 14.8. The summed E-state index contributed by atoms with van der Waals surface area (Å²) in [5.74, 6) is -3.78. The molecule has 312 valence electrons. The van der Waals surface area contributed by atoms with E-state index in [-0.39, 0.29) is 42.5 Å². The maximum atomic E-state index is 14.8. The summed E-state index contributed by atoms with van der Waals surface area (Å²) in [5.41, 5.74) is -1.70. The number of carboxylic acid groups (broad SMARTS) is 1. The average molecular weight is 822 g/mol. The van der Waals surface area contributed by atoms with E-state index >= 15 is 0 Å². The van der Waals surface area contributed by atoms with E-state index in [1.54, 1.807) is 30.3 Å². The number of hydrogen-bond donors (Lipinski definition) is 3. The third-order valence-electron chi connectivity index (χ3n) is 11.9. The zero-order chi connectivity index (χ0) is 41.7. The first kappa shape index (κ1) is 42.0. The van der Waals surface area contributed by atoms with Crippen LogP contribution in [0.25, 0.3) is 10.8 Å². The summed E-state index contributed by atoms with van der Waals surface area (Å²) in [5, 5.41) is 14.3. The highest BCUT2D eigenvalue weighted by Gasteiger charge is 2.63. The fourth-order valence-electron chi connectivity index (χ4n) is 8.09. The Balaban J connectivity index is 1.40. The Morgan fingerprint density at radius 2 is 1.89 bits per heavy atom. The Morgan fingerprint density at radius 3 is 2.54 bits per heavy atom. The van der Waals surface area contributed by atoms with Crippen molar-refractivity contribution in [3.8, 4) is 11.6 Å². The average Bonchev–Trinajstić information content (AvgIpc) is 4.01. The fraction of sp³-hybridized carbons (Fsp3) is 0.615. The van der Waals surface area contributed by atoms with Crippen LogP contribution in [0.5, 0.6) is 11.6 Å². The van der Waals surface area contributed by atoms with Gasteiger partial charge in [-0.15, -0.1) is 0 Å². The van der Waals surface area contributed by atoms with Crippen LogP contribution in [-0.2, 0) is 24.4 Å². The molecule has 57 heavy (non-hydrogen) atoms. The number of pyridine rings is 1. The van der Waals surface area contributed by atoms with Crippen LogP contribution in [0, 0.1) is 17.8 Å². The molecule has 3 heterocycles. The SMILES string of the molecule is CCOc1ccc2c(O[C@@H]3C[C@H]4C(=O)N[C@]5(C(=O)NS(=O)(=O)C6(C)CC6)C[C@H]5/C=C\CC[C@H](C)C[C@@H](C)[C@H](N(C(=O)O)[C@H](C)C(F)(F)F)C(=O)N4C3)nccc2c1. The van der Waals surface area contributed by atoms with Crippen molar-refractivity contribution in [1.29, 1.82) is 0 Å². The van der Waals surface area contributed by atoms with Gasteiger partial charge in [-0.05, 0) is 101 Å². The predicted molar refractivity (Wildman–Crippen MR) is 202 cm³/mol. The van der Waals surface area contributed by atoms with Crippen molar-refractivity contribution in [2.45, 2.75) is 120 Å². The minimum absolute atomic E-state index is 0.0582. The van der Waals surface area contributed by atoms with Crippen LogP contribution in [0.4, 0.5) is 18.0 Å². The molecule has 0 radical (unpaired) electrons. The third kappa shape index (κ3) is 8.51. The quantitative estimate of drug-likeness (QED) is 0.286. The smallest absolute Gasteiger partial charge is 0.408 e.